The Bertz CT molecular complexity index is 742. The van der Waals surface area contributed by atoms with Crippen LogP contribution in [0, 0.1) is 5.92 Å². The van der Waals surface area contributed by atoms with Crippen molar-refractivity contribution in [2.75, 3.05) is 13.1 Å². The number of nitrogens with one attached hydrogen (secondary N) is 1. The Kier molecular flexibility index (Phi) is 7.01. The van der Waals surface area contributed by atoms with Gasteiger partial charge in [0, 0.05) is 36.7 Å². The molecule has 0 spiro atoms. The van der Waals surface area contributed by atoms with Gasteiger partial charge in [0.1, 0.15) is 0 Å². The van der Waals surface area contributed by atoms with E-state index in [9.17, 15) is 0 Å². The Morgan fingerprint density at radius 1 is 1.32 bits per heavy atom. The summed E-state index contributed by atoms with van der Waals surface area (Å²) in [5.41, 5.74) is 2.67. The van der Waals surface area contributed by atoms with E-state index in [2.05, 4.69) is 103 Å². The highest BCUT2D eigenvalue weighted by Gasteiger charge is 2.39. The van der Waals surface area contributed by atoms with E-state index in [4.69, 9.17) is 0 Å². The fourth-order valence-corrected chi connectivity index (χ4v) is 4.57. The molecule has 0 aromatic carbocycles. The number of allylic oxidation sites excluding steroid dienone is 6. The first-order valence-corrected chi connectivity index (χ1v) is 10.9. The second-order valence-electron chi connectivity index (χ2n) is 8.22. The van der Waals surface area contributed by atoms with Crippen molar-refractivity contribution in [1.29, 1.82) is 0 Å². The van der Waals surface area contributed by atoms with Gasteiger partial charge in [-0.2, -0.15) is 0 Å². The van der Waals surface area contributed by atoms with Crippen molar-refractivity contribution < 1.29 is 0 Å². The van der Waals surface area contributed by atoms with Crippen LogP contribution in [0.1, 0.15) is 59.1 Å². The van der Waals surface area contributed by atoms with Gasteiger partial charge in [0.15, 0.2) is 0 Å². The maximum Gasteiger partial charge on any atom is 0.0798 e. The van der Waals surface area contributed by atoms with E-state index < -0.39 is 0 Å². The Hall–Kier alpha value is -2.00. The highest BCUT2D eigenvalue weighted by atomic mass is 15.2. The van der Waals surface area contributed by atoms with Crippen LogP contribution in [0.2, 0.25) is 0 Å². The standard InChI is InChI=1S/C25H37N3/c1-5-7-17-26-25(24-14-11-18-28(24)21(3)6-2)15-19-27(20-16-25)22(4)23-12-9-8-10-13-23/h6-12,14,17-18,22-23,26H,5,13,15-16,19-20H2,1-4H3/b17-7+,21-6+. The summed E-state index contributed by atoms with van der Waals surface area (Å²) < 4.78 is 2.36. The molecule has 3 rings (SSSR count). The van der Waals surface area contributed by atoms with Crippen LogP contribution < -0.4 is 5.32 Å². The normalized spacial score (nSPS) is 24.0. The van der Waals surface area contributed by atoms with E-state index >= 15 is 0 Å². The van der Waals surface area contributed by atoms with Gasteiger partial charge in [-0.15, -0.1) is 0 Å². The zero-order valence-electron chi connectivity index (χ0n) is 18.1. The molecular formula is C25H37N3. The molecule has 3 heteroatoms. The summed E-state index contributed by atoms with van der Waals surface area (Å²) in [5, 5.41) is 3.82. The van der Waals surface area contributed by atoms with Crippen LogP contribution in [0.3, 0.4) is 0 Å². The Labute approximate surface area is 171 Å². The lowest BCUT2D eigenvalue weighted by Gasteiger charge is -2.46. The summed E-state index contributed by atoms with van der Waals surface area (Å²) in [6, 6.07) is 5.08. The highest BCUT2D eigenvalue weighted by molar-refractivity contribution is 5.46. The van der Waals surface area contributed by atoms with E-state index in [-0.39, 0.29) is 5.54 Å². The van der Waals surface area contributed by atoms with Crippen molar-refractivity contribution in [3.63, 3.8) is 0 Å². The van der Waals surface area contributed by atoms with Crippen molar-refractivity contribution in [1.82, 2.24) is 14.8 Å². The van der Waals surface area contributed by atoms with Gasteiger partial charge in [-0.1, -0.05) is 43.4 Å². The fourth-order valence-electron chi connectivity index (χ4n) is 4.57. The van der Waals surface area contributed by atoms with E-state index in [0.717, 1.165) is 32.4 Å². The molecule has 0 saturated carbocycles. The van der Waals surface area contributed by atoms with Gasteiger partial charge in [0.25, 0.3) is 0 Å². The molecule has 1 aliphatic carbocycles. The number of hydrogen-bond acceptors (Lipinski definition) is 2. The van der Waals surface area contributed by atoms with E-state index in [1.807, 2.05) is 0 Å². The Balaban J connectivity index is 1.79. The summed E-state index contributed by atoms with van der Waals surface area (Å²) in [5.74, 6) is 0.638. The third kappa shape index (κ3) is 4.35. The second kappa shape index (κ2) is 9.47. The van der Waals surface area contributed by atoms with Crippen LogP contribution in [-0.2, 0) is 5.54 Å². The summed E-state index contributed by atoms with van der Waals surface area (Å²) in [6.07, 6.45) is 22.3. The zero-order valence-corrected chi connectivity index (χ0v) is 18.1. The van der Waals surface area contributed by atoms with Gasteiger partial charge in [-0.05, 0) is 70.7 Å². The smallest absolute Gasteiger partial charge is 0.0798 e. The quantitative estimate of drug-likeness (QED) is 0.656. The minimum atomic E-state index is -0.00202. The molecule has 1 aromatic heterocycles. The molecule has 2 aliphatic rings. The maximum absolute atomic E-state index is 3.82. The van der Waals surface area contributed by atoms with Crippen LogP contribution in [0.4, 0.5) is 0 Å². The SMILES string of the molecule is C/C=C(\C)n1cccc1C1(N/C=C/CC)CCN(C(C)C2C=CC=CC2)CC1. The lowest BCUT2D eigenvalue weighted by molar-refractivity contribution is 0.0902. The predicted molar refractivity (Wildman–Crippen MR) is 121 cm³/mol. The van der Waals surface area contributed by atoms with E-state index in [0.29, 0.717) is 12.0 Å². The molecule has 1 saturated heterocycles. The third-order valence-electron chi connectivity index (χ3n) is 6.61. The lowest BCUT2D eigenvalue weighted by atomic mass is 9.82. The number of nitrogens with zero attached hydrogens (tertiary/aromatic N) is 2. The van der Waals surface area contributed by atoms with Gasteiger partial charge in [0.2, 0.25) is 0 Å². The molecule has 0 bridgehead atoms. The molecule has 0 radical (unpaired) electrons. The molecule has 1 fully saturated rings. The maximum atomic E-state index is 3.82. The average Bonchev–Trinajstić information content (AvgIpc) is 3.25. The molecule has 1 aromatic rings. The average molecular weight is 380 g/mol. The highest BCUT2D eigenvalue weighted by Crippen LogP contribution is 2.36. The summed E-state index contributed by atoms with van der Waals surface area (Å²) in [4.78, 5) is 2.69. The van der Waals surface area contributed by atoms with Crippen molar-refractivity contribution in [3.05, 3.63) is 66.7 Å². The Morgan fingerprint density at radius 3 is 2.75 bits per heavy atom. The van der Waals surface area contributed by atoms with Crippen LogP contribution in [0.25, 0.3) is 5.70 Å². The van der Waals surface area contributed by atoms with Crippen molar-refractivity contribution in [2.45, 2.75) is 65.0 Å². The first-order valence-electron chi connectivity index (χ1n) is 10.9. The molecule has 0 amide bonds. The van der Waals surface area contributed by atoms with Crippen LogP contribution in [-0.4, -0.2) is 28.6 Å². The van der Waals surface area contributed by atoms with Crippen LogP contribution in [0.5, 0.6) is 0 Å². The van der Waals surface area contributed by atoms with Crippen molar-refractivity contribution in [2.24, 2.45) is 5.92 Å². The molecular weight excluding hydrogens is 342 g/mol. The first-order chi connectivity index (χ1) is 13.6. The van der Waals surface area contributed by atoms with Gasteiger partial charge < -0.3 is 9.88 Å². The molecule has 2 heterocycles. The topological polar surface area (TPSA) is 20.2 Å². The summed E-state index contributed by atoms with van der Waals surface area (Å²) >= 11 is 0. The van der Waals surface area contributed by atoms with E-state index in [1.165, 1.54) is 17.8 Å². The monoisotopic (exact) mass is 379 g/mol. The molecule has 2 unspecified atom stereocenters. The molecule has 152 valence electrons. The number of likely N-dealkylation sites (tertiary alicyclic amines) is 1. The van der Waals surface area contributed by atoms with Crippen LogP contribution in [0.15, 0.2) is 61.0 Å². The lowest BCUT2D eigenvalue weighted by Crippen LogP contribution is -2.53. The Morgan fingerprint density at radius 2 is 2.11 bits per heavy atom. The number of aromatic nitrogens is 1. The zero-order chi connectivity index (χ0) is 20.0. The van der Waals surface area contributed by atoms with Crippen molar-refractivity contribution >= 4 is 5.70 Å². The predicted octanol–water partition coefficient (Wildman–Crippen LogP) is 5.69. The summed E-state index contributed by atoms with van der Waals surface area (Å²) in [7, 11) is 0. The molecule has 2 atom stereocenters. The van der Waals surface area contributed by atoms with Gasteiger partial charge >= 0.3 is 0 Å². The van der Waals surface area contributed by atoms with Crippen molar-refractivity contribution in [3.8, 4) is 0 Å². The van der Waals surface area contributed by atoms with Gasteiger partial charge in [0.05, 0.1) is 5.54 Å². The van der Waals surface area contributed by atoms with Gasteiger partial charge in [-0.3, -0.25) is 4.90 Å². The number of rotatable bonds is 7. The number of piperidine rings is 1. The largest absolute Gasteiger partial charge is 0.380 e. The molecule has 3 nitrogen and oxygen atoms in total. The van der Waals surface area contributed by atoms with Crippen LogP contribution >= 0.6 is 0 Å². The van der Waals surface area contributed by atoms with E-state index in [1.54, 1.807) is 0 Å². The minimum absolute atomic E-state index is 0.00202. The summed E-state index contributed by atoms with van der Waals surface area (Å²) in [6.45, 7) is 11.2. The first kappa shape index (κ1) is 20.7. The van der Waals surface area contributed by atoms with Gasteiger partial charge in [-0.25, -0.2) is 0 Å². The fraction of sp³-hybridized carbons (Fsp3) is 0.520. The third-order valence-corrected chi connectivity index (χ3v) is 6.61. The molecule has 1 aliphatic heterocycles. The second-order valence-corrected chi connectivity index (χ2v) is 8.22. The number of hydrogen-bond donors (Lipinski definition) is 1. The molecule has 28 heavy (non-hydrogen) atoms. The minimum Gasteiger partial charge on any atom is -0.380 e. The molecule has 1 N–H and O–H groups in total.